The minimum absolute atomic E-state index is 0.0607. The van der Waals surface area contributed by atoms with Crippen molar-refractivity contribution >= 4 is 22.6 Å². The normalized spacial score (nSPS) is 12.9. The number of rotatable bonds is 7. The van der Waals surface area contributed by atoms with Gasteiger partial charge in [0, 0.05) is 50.2 Å². The Morgan fingerprint density at radius 2 is 1.62 bits per heavy atom. The Kier molecular flexibility index (Phi) is 6.47. The number of fused-ring (bicyclic) bond motifs is 2. The van der Waals surface area contributed by atoms with Crippen LogP contribution in [0.2, 0.25) is 0 Å². The topological polar surface area (TPSA) is 39.7 Å². The van der Waals surface area contributed by atoms with Gasteiger partial charge >= 0.3 is 0 Å². The highest BCUT2D eigenvalue weighted by Gasteiger charge is 2.20. The fraction of sp³-hybridized carbons (Fsp3) is 0.407. The fourth-order valence-corrected chi connectivity index (χ4v) is 4.44. The second-order valence-electron chi connectivity index (χ2n) is 9.43. The highest BCUT2D eigenvalue weighted by atomic mass is 16.2. The van der Waals surface area contributed by atoms with Crippen molar-refractivity contribution in [2.75, 3.05) is 46.2 Å². The maximum absolute atomic E-state index is 13.4. The van der Waals surface area contributed by atoms with Gasteiger partial charge in [-0.1, -0.05) is 17.7 Å². The van der Waals surface area contributed by atoms with Gasteiger partial charge in [0.1, 0.15) is 5.82 Å². The van der Waals surface area contributed by atoms with Gasteiger partial charge in [-0.25, -0.2) is 4.98 Å². The van der Waals surface area contributed by atoms with Gasteiger partial charge in [-0.3, -0.25) is 4.79 Å². The molecule has 1 heterocycles. The average Bonchev–Trinajstić information content (AvgIpc) is 3.21. The minimum Gasteiger partial charge on any atom is -0.362 e. The standard InChI is InChI=1S/C27H34N4O/c1-19-9-11-20(12-10-19)27(32)31(14-13-29(2)3)18-24-16-23-15-21-7-6-8-22(21)17-25(23)28-26(24)30(4)5/h9-12,15-17H,6-8,13-14,18H2,1-5H3. The molecular formula is C27H34N4O. The Morgan fingerprint density at radius 1 is 0.938 bits per heavy atom. The molecule has 168 valence electrons. The number of pyridine rings is 1. The Bertz CT molecular complexity index is 1120. The molecule has 0 saturated carbocycles. The number of amides is 1. The molecule has 2 aromatic carbocycles. The molecule has 0 atom stereocenters. The van der Waals surface area contributed by atoms with Crippen molar-refractivity contribution in [3.63, 3.8) is 0 Å². The maximum atomic E-state index is 13.4. The third kappa shape index (κ3) is 4.78. The van der Waals surface area contributed by atoms with Crippen molar-refractivity contribution in [3.05, 3.63) is 70.3 Å². The summed E-state index contributed by atoms with van der Waals surface area (Å²) in [5, 5.41) is 1.17. The number of carbonyl (C=O) groups excluding carboxylic acids is 1. The first kappa shape index (κ1) is 22.3. The molecule has 4 rings (SSSR count). The molecule has 0 N–H and O–H groups in total. The molecule has 1 aliphatic carbocycles. The van der Waals surface area contributed by atoms with Gasteiger partial charge in [-0.2, -0.15) is 0 Å². The summed E-state index contributed by atoms with van der Waals surface area (Å²) in [5.41, 5.74) is 6.89. The van der Waals surface area contributed by atoms with Crippen molar-refractivity contribution in [1.82, 2.24) is 14.8 Å². The number of nitrogens with zero attached hydrogens (tertiary/aromatic N) is 4. The molecule has 1 amide bonds. The van der Waals surface area contributed by atoms with E-state index in [1.807, 2.05) is 64.3 Å². The Morgan fingerprint density at radius 3 is 2.28 bits per heavy atom. The number of hydrogen-bond donors (Lipinski definition) is 0. The predicted molar refractivity (Wildman–Crippen MR) is 133 cm³/mol. The molecule has 0 fully saturated rings. The summed E-state index contributed by atoms with van der Waals surface area (Å²) in [6.45, 7) is 4.05. The van der Waals surface area contributed by atoms with Crippen LogP contribution in [0.15, 0.2) is 42.5 Å². The van der Waals surface area contributed by atoms with Crippen molar-refractivity contribution in [1.29, 1.82) is 0 Å². The number of carbonyl (C=O) groups is 1. The minimum atomic E-state index is 0.0607. The van der Waals surface area contributed by atoms with Gasteiger partial charge in [-0.05, 0) is 81.7 Å². The molecule has 5 heteroatoms. The molecule has 3 aromatic rings. The average molecular weight is 431 g/mol. The number of benzene rings is 2. The van der Waals surface area contributed by atoms with Crippen molar-refractivity contribution in [3.8, 4) is 0 Å². The van der Waals surface area contributed by atoms with E-state index in [0.29, 0.717) is 13.1 Å². The second-order valence-corrected chi connectivity index (χ2v) is 9.43. The lowest BCUT2D eigenvalue weighted by atomic mass is 10.0. The van der Waals surface area contributed by atoms with Crippen molar-refractivity contribution in [2.24, 2.45) is 0 Å². The van der Waals surface area contributed by atoms with Crippen LogP contribution in [0.25, 0.3) is 10.9 Å². The molecule has 32 heavy (non-hydrogen) atoms. The van der Waals surface area contributed by atoms with Crippen molar-refractivity contribution < 1.29 is 4.79 Å². The zero-order chi connectivity index (χ0) is 22.8. The van der Waals surface area contributed by atoms with E-state index in [0.717, 1.165) is 47.4 Å². The van der Waals surface area contributed by atoms with E-state index in [-0.39, 0.29) is 5.91 Å². The van der Waals surface area contributed by atoms with E-state index in [1.165, 1.54) is 22.9 Å². The quantitative estimate of drug-likeness (QED) is 0.560. The van der Waals surface area contributed by atoms with E-state index in [9.17, 15) is 4.79 Å². The summed E-state index contributed by atoms with van der Waals surface area (Å²) in [6.07, 6.45) is 3.52. The third-order valence-corrected chi connectivity index (χ3v) is 6.27. The Balaban J connectivity index is 1.71. The first-order valence-corrected chi connectivity index (χ1v) is 11.5. The smallest absolute Gasteiger partial charge is 0.254 e. The first-order valence-electron chi connectivity index (χ1n) is 11.5. The molecule has 1 aliphatic rings. The van der Waals surface area contributed by atoms with Gasteiger partial charge in [-0.15, -0.1) is 0 Å². The SMILES string of the molecule is Cc1ccc(C(=O)N(CCN(C)C)Cc2cc3cc4c(cc3nc2N(C)C)CCC4)cc1. The van der Waals surface area contributed by atoms with E-state index in [1.54, 1.807) is 0 Å². The predicted octanol–water partition coefficient (Wildman–Crippen LogP) is 4.30. The summed E-state index contributed by atoms with van der Waals surface area (Å²) in [7, 11) is 8.13. The number of anilines is 1. The van der Waals surface area contributed by atoms with E-state index in [4.69, 9.17) is 4.98 Å². The molecule has 0 unspecified atom stereocenters. The zero-order valence-corrected chi connectivity index (χ0v) is 20.0. The summed E-state index contributed by atoms with van der Waals surface area (Å²) in [4.78, 5) is 24.6. The van der Waals surface area contributed by atoms with Gasteiger partial charge in [0.25, 0.3) is 5.91 Å². The number of hydrogen-bond acceptors (Lipinski definition) is 4. The van der Waals surface area contributed by atoms with Crippen LogP contribution in [0.3, 0.4) is 0 Å². The zero-order valence-electron chi connectivity index (χ0n) is 20.0. The molecule has 0 saturated heterocycles. The van der Waals surface area contributed by atoms with E-state index >= 15 is 0 Å². The van der Waals surface area contributed by atoms with Crippen LogP contribution in [-0.4, -0.2) is 62.0 Å². The lowest BCUT2D eigenvalue weighted by Gasteiger charge is -2.27. The van der Waals surface area contributed by atoms with Crippen molar-refractivity contribution in [2.45, 2.75) is 32.7 Å². The molecular weight excluding hydrogens is 396 g/mol. The largest absolute Gasteiger partial charge is 0.362 e. The lowest BCUT2D eigenvalue weighted by molar-refractivity contribution is 0.0732. The Hall–Kier alpha value is -2.92. The Labute approximate surface area is 191 Å². The highest BCUT2D eigenvalue weighted by molar-refractivity contribution is 5.94. The van der Waals surface area contributed by atoms with Crippen LogP contribution < -0.4 is 4.90 Å². The summed E-state index contributed by atoms with van der Waals surface area (Å²) in [6, 6.07) is 14.7. The molecule has 0 bridgehead atoms. The van der Waals surface area contributed by atoms with Gasteiger partial charge in [0.05, 0.1) is 5.52 Å². The molecule has 5 nitrogen and oxygen atoms in total. The third-order valence-electron chi connectivity index (χ3n) is 6.27. The van der Waals surface area contributed by atoms with Crippen LogP contribution in [-0.2, 0) is 19.4 Å². The number of likely N-dealkylation sites (N-methyl/N-ethyl adjacent to an activating group) is 1. The highest BCUT2D eigenvalue weighted by Crippen LogP contribution is 2.30. The van der Waals surface area contributed by atoms with Gasteiger partial charge in [0.15, 0.2) is 0 Å². The van der Waals surface area contributed by atoms with Crippen LogP contribution in [0.4, 0.5) is 5.82 Å². The van der Waals surface area contributed by atoms with Gasteiger partial charge < -0.3 is 14.7 Å². The van der Waals surface area contributed by atoms with E-state index < -0.39 is 0 Å². The second kappa shape index (κ2) is 9.29. The van der Waals surface area contributed by atoms with Crippen LogP contribution in [0, 0.1) is 6.92 Å². The van der Waals surface area contributed by atoms with Crippen LogP contribution in [0.1, 0.15) is 39.0 Å². The monoisotopic (exact) mass is 430 g/mol. The number of aromatic nitrogens is 1. The molecule has 1 aromatic heterocycles. The first-order chi connectivity index (χ1) is 15.3. The van der Waals surface area contributed by atoms with Gasteiger partial charge in [0.2, 0.25) is 0 Å². The molecule has 0 aliphatic heterocycles. The summed E-state index contributed by atoms with van der Waals surface area (Å²) in [5.74, 6) is 0.993. The van der Waals surface area contributed by atoms with Crippen LogP contribution >= 0.6 is 0 Å². The summed E-state index contributed by atoms with van der Waals surface area (Å²) >= 11 is 0. The maximum Gasteiger partial charge on any atom is 0.254 e. The fourth-order valence-electron chi connectivity index (χ4n) is 4.44. The molecule has 0 spiro atoms. The van der Waals surface area contributed by atoms with Crippen LogP contribution in [0.5, 0.6) is 0 Å². The van der Waals surface area contributed by atoms with E-state index in [2.05, 4.69) is 28.0 Å². The lowest BCUT2D eigenvalue weighted by Crippen LogP contribution is -2.36. The number of aryl methyl sites for hydroxylation is 3. The summed E-state index contributed by atoms with van der Waals surface area (Å²) < 4.78 is 0. The molecule has 0 radical (unpaired) electrons.